The molecule has 1 amide bonds. The van der Waals surface area contributed by atoms with E-state index < -0.39 is 0 Å². The summed E-state index contributed by atoms with van der Waals surface area (Å²) in [7, 11) is 0. The number of nitrogens with zero attached hydrogens (tertiary/aromatic N) is 2. The topological polar surface area (TPSA) is 59.2 Å². The number of carbonyl (C=O) groups excluding carboxylic acids is 1. The number of aromatic nitrogens is 1. The fourth-order valence-electron chi connectivity index (χ4n) is 2.22. The lowest BCUT2D eigenvalue weighted by Gasteiger charge is -2.30. The SMILES string of the molecule is CCCC(N)C(=O)N1CCc2ncccc2C1. The smallest absolute Gasteiger partial charge is 0.239 e. The zero-order valence-corrected chi connectivity index (χ0v) is 10.2. The van der Waals surface area contributed by atoms with E-state index >= 15 is 0 Å². The van der Waals surface area contributed by atoms with E-state index in [0.717, 1.165) is 37.1 Å². The van der Waals surface area contributed by atoms with Gasteiger partial charge in [-0.3, -0.25) is 9.78 Å². The van der Waals surface area contributed by atoms with E-state index in [1.807, 2.05) is 24.0 Å². The molecule has 17 heavy (non-hydrogen) atoms. The summed E-state index contributed by atoms with van der Waals surface area (Å²) >= 11 is 0. The predicted octanol–water partition coefficient (Wildman–Crippen LogP) is 1.09. The number of nitrogens with two attached hydrogens (primary N) is 1. The number of fused-ring (bicyclic) bond motifs is 1. The largest absolute Gasteiger partial charge is 0.337 e. The quantitative estimate of drug-likeness (QED) is 0.850. The Kier molecular flexibility index (Phi) is 3.74. The molecule has 1 aliphatic heterocycles. The molecule has 4 heteroatoms. The maximum atomic E-state index is 12.1. The van der Waals surface area contributed by atoms with Crippen molar-refractivity contribution < 1.29 is 4.79 Å². The highest BCUT2D eigenvalue weighted by atomic mass is 16.2. The molecule has 1 aromatic heterocycles. The summed E-state index contributed by atoms with van der Waals surface area (Å²) < 4.78 is 0. The minimum Gasteiger partial charge on any atom is -0.337 e. The maximum absolute atomic E-state index is 12.1. The van der Waals surface area contributed by atoms with Crippen LogP contribution in [0, 0.1) is 0 Å². The van der Waals surface area contributed by atoms with Crippen molar-refractivity contribution >= 4 is 5.91 Å². The van der Waals surface area contributed by atoms with Crippen LogP contribution in [-0.4, -0.2) is 28.4 Å². The summed E-state index contributed by atoms with van der Waals surface area (Å²) in [6.45, 7) is 3.43. The molecule has 0 saturated heterocycles. The summed E-state index contributed by atoms with van der Waals surface area (Å²) in [5, 5.41) is 0. The monoisotopic (exact) mass is 233 g/mol. The number of amides is 1. The Bertz CT molecular complexity index is 405. The molecule has 0 saturated carbocycles. The van der Waals surface area contributed by atoms with Crippen molar-refractivity contribution in [2.45, 2.75) is 38.8 Å². The van der Waals surface area contributed by atoms with Gasteiger partial charge < -0.3 is 10.6 Å². The van der Waals surface area contributed by atoms with Crippen LogP contribution >= 0.6 is 0 Å². The van der Waals surface area contributed by atoms with Crippen LogP contribution in [-0.2, 0) is 17.8 Å². The fraction of sp³-hybridized carbons (Fsp3) is 0.538. The lowest BCUT2D eigenvalue weighted by Crippen LogP contribution is -2.45. The third kappa shape index (κ3) is 2.64. The molecule has 2 rings (SSSR count). The molecule has 1 unspecified atom stereocenters. The first kappa shape index (κ1) is 12.0. The Morgan fingerprint density at radius 2 is 2.47 bits per heavy atom. The van der Waals surface area contributed by atoms with E-state index in [1.54, 1.807) is 6.20 Å². The molecule has 1 aromatic rings. The minimum absolute atomic E-state index is 0.0707. The number of rotatable bonds is 3. The lowest BCUT2D eigenvalue weighted by molar-refractivity contribution is -0.133. The van der Waals surface area contributed by atoms with Crippen molar-refractivity contribution in [3.05, 3.63) is 29.6 Å². The molecule has 0 radical (unpaired) electrons. The van der Waals surface area contributed by atoms with Crippen molar-refractivity contribution in [2.75, 3.05) is 6.54 Å². The van der Waals surface area contributed by atoms with Crippen LogP contribution in [0.25, 0.3) is 0 Å². The first-order valence-electron chi connectivity index (χ1n) is 6.19. The summed E-state index contributed by atoms with van der Waals surface area (Å²) in [6, 6.07) is 3.60. The van der Waals surface area contributed by atoms with E-state index in [9.17, 15) is 4.79 Å². The molecule has 1 aliphatic rings. The molecule has 0 aromatic carbocycles. The van der Waals surface area contributed by atoms with Gasteiger partial charge in [0.2, 0.25) is 5.91 Å². The summed E-state index contributed by atoms with van der Waals surface area (Å²) in [5.74, 6) is 0.0707. The summed E-state index contributed by atoms with van der Waals surface area (Å²) in [5.41, 5.74) is 8.13. The Labute approximate surface area is 102 Å². The molecule has 4 nitrogen and oxygen atoms in total. The highest BCUT2D eigenvalue weighted by Crippen LogP contribution is 2.17. The Morgan fingerprint density at radius 3 is 3.24 bits per heavy atom. The van der Waals surface area contributed by atoms with Gasteiger partial charge in [-0.15, -0.1) is 0 Å². The van der Waals surface area contributed by atoms with Crippen molar-refractivity contribution in [1.29, 1.82) is 0 Å². The standard InChI is InChI=1S/C13H19N3O/c1-2-4-11(14)13(17)16-8-6-12-10(9-16)5-3-7-15-12/h3,5,7,11H,2,4,6,8-9,14H2,1H3. The molecular formula is C13H19N3O. The second-order valence-electron chi connectivity index (χ2n) is 4.51. The van der Waals surface area contributed by atoms with E-state index in [1.165, 1.54) is 0 Å². The molecule has 92 valence electrons. The highest BCUT2D eigenvalue weighted by Gasteiger charge is 2.24. The number of hydrogen-bond donors (Lipinski definition) is 1. The summed E-state index contributed by atoms with van der Waals surface area (Å²) in [6.07, 6.45) is 4.34. The van der Waals surface area contributed by atoms with Gasteiger partial charge in [0.15, 0.2) is 0 Å². The Balaban J connectivity index is 2.05. The van der Waals surface area contributed by atoms with Gasteiger partial charge in [-0.05, 0) is 18.1 Å². The Morgan fingerprint density at radius 1 is 1.65 bits per heavy atom. The third-order valence-electron chi connectivity index (χ3n) is 3.19. The van der Waals surface area contributed by atoms with Crippen LogP contribution in [0.2, 0.25) is 0 Å². The maximum Gasteiger partial charge on any atom is 0.239 e. The van der Waals surface area contributed by atoms with E-state index in [4.69, 9.17) is 5.73 Å². The zero-order chi connectivity index (χ0) is 12.3. The van der Waals surface area contributed by atoms with Crippen molar-refractivity contribution in [1.82, 2.24) is 9.88 Å². The molecule has 2 N–H and O–H groups in total. The molecule has 2 heterocycles. The lowest BCUT2D eigenvalue weighted by atomic mass is 10.0. The summed E-state index contributed by atoms with van der Waals surface area (Å²) in [4.78, 5) is 18.3. The van der Waals surface area contributed by atoms with Gasteiger partial charge in [-0.25, -0.2) is 0 Å². The first-order chi connectivity index (χ1) is 8.22. The normalized spacial score (nSPS) is 16.5. The van der Waals surface area contributed by atoms with Gasteiger partial charge in [-0.1, -0.05) is 19.4 Å². The Hall–Kier alpha value is -1.42. The number of hydrogen-bond acceptors (Lipinski definition) is 3. The van der Waals surface area contributed by atoms with E-state index in [2.05, 4.69) is 4.98 Å². The molecule has 0 aliphatic carbocycles. The van der Waals surface area contributed by atoms with Crippen LogP contribution < -0.4 is 5.73 Å². The van der Waals surface area contributed by atoms with Gasteiger partial charge in [0.25, 0.3) is 0 Å². The molecular weight excluding hydrogens is 214 g/mol. The van der Waals surface area contributed by atoms with Gasteiger partial charge in [0.05, 0.1) is 6.04 Å². The molecule has 0 bridgehead atoms. The van der Waals surface area contributed by atoms with Crippen LogP contribution in [0.15, 0.2) is 18.3 Å². The third-order valence-corrected chi connectivity index (χ3v) is 3.19. The molecule has 1 atom stereocenters. The molecule has 0 fully saturated rings. The van der Waals surface area contributed by atoms with Crippen LogP contribution in [0.4, 0.5) is 0 Å². The predicted molar refractivity (Wildman–Crippen MR) is 66.2 cm³/mol. The van der Waals surface area contributed by atoms with Gasteiger partial charge in [0.1, 0.15) is 0 Å². The highest BCUT2D eigenvalue weighted by molar-refractivity contribution is 5.81. The minimum atomic E-state index is -0.349. The average Bonchev–Trinajstić information content (AvgIpc) is 2.37. The zero-order valence-electron chi connectivity index (χ0n) is 10.2. The second-order valence-corrected chi connectivity index (χ2v) is 4.51. The van der Waals surface area contributed by atoms with Crippen molar-refractivity contribution in [3.8, 4) is 0 Å². The van der Waals surface area contributed by atoms with E-state index in [-0.39, 0.29) is 11.9 Å². The fourth-order valence-corrected chi connectivity index (χ4v) is 2.22. The van der Waals surface area contributed by atoms with Gasteiger partial charge in [-0.2, -0.15) is 0 Å². The van der Waals surface area contributed by atoms with Crippen LogP contribution in [0.1, 0.15) is 31.0 Å². The van der Waals surface area contributed by atoms with Crippen molar-refractivity contribution in [2.24, 2.45) is 5.73 Å². The van der Waals surface area contributed by atoms with Crippen molar-refractivity contribution in [3.63, 3.8) is 0 Å². The average molecular weight is 233 g/mol. The molecule has 0 spiro atoms. The number of pyridine rings is 1. The van der Waals surface area contributed by atoms with Gasteiger partial charge >= 0.3 is 0 Å². The van der Waals surface area contributed by atoms with E-state index in [0.29, 0.717) is 6.54 Å². The van der Waals surface area contributed by atoms with Crippen LogP contribution in [0.5, 0.6) is 0 Å². The van der Waals surface area contributed by atoms with Gasteiger partial charge in [0, 0.05) is 31.4 Å². The second kappa shape index (κ2) is 5.27. The number of carbonyl (C=O) groups is 1. The van der Waals surface area contributed by atoms with Crippen LogP contribution in [0.3, 0.4) is 0 Å². The first-order valence-corrected chi connectivity index (χ1v) is 6.19.